The van der Waals surface area contributed by atoms with Crippen LogP contribution >= 0.6 is 0 Å². The molecule has 2 fully saturated rings. The zero-order valence-corrected chi connectivity index (χ0v) is 12.3. The zero-order valence-electron chi connectivity index (χ0n) is 11.5. The van der Waals surface area contributed by atoms with Crippen molar-refractivity contribution in [2.24, 2.45) is 5.92 Å². The van der Waals surface area contributed by atoms with Crippen LogP contribution in [0.1, 0.15) is 12.0 Å². The summed E-state index contributed by atoms with van der Waals surface area (Å²) in [4.78, 5) is 4.16. The van der Waals surface area contributed by atoms with Crippen LogP contribution in [0.4, 0.5) is 5.82 Å². The van der Waals surface area contributed by atoms with E-state index in [1.165, 1.54) is 6.20 Å². The topological polar surface area (TPSA) is 104 Å². The summed E-state index contributed by atoms with van der Waals surface area (Å²) in [6.45, 7) is 0.649. The van der Waals surface area contributed by atoms with Crippen LogP contribution in [0.25, 0.3) is 0 Å². The first-order chi connectivity index (χ1) is 9.98. The van der Waals surface area contributed by atoms with E-state index in [1.54, 1.807) is 12.1 Å². The maximum atomic E-state index is 11.5. The predicted molar refractivity (Wildman–Crippen MR) is 76.0 cm³/mol. The fourth-order valence-electron chi connectivity index (χ4n) is 3.01. The summed E-state index contributed by atoms with van der Waals surface area (Å²) >= 11 is 0. The molecule has 0 amide bonds. The lowest BCUT2D eigenvalue weighted by Gasteiger charge is -2.47. The minimum atomic E-state index is -3.29. The van der Waals surface area contributed by atoms with E-state index in [4.69, 9.17) is 10.00 Å². The summed E-state index contributed by atoms with van der Waals surface area (Å²) < 4.78 is 31.1. The van der Waals surface area contributed by atoms with Gasteiger partial charge in [-0.3, -0.25) is 0 Å². The molecule has 0 spiro atoms. The highest BCUT2D eigenvalue weighted by Gasteiger charge is 2.55. The lowest BCUT2D eigenvalue weighted by atomic mass is 9.72. The van der Waals surface area contributed by atoms with E-state index in [2.05, 4.69) is 15.0 Å². The van der Waals surface area contributed by atoms with Gasteiger partial charge in [0.2, 0.25) is 10.0 Å². The Labute approximate surface area is 123 Å². The van der Waals surface area contributed by atoms with E-state index in [1.807, 2.05) is 6.07 Å². The number of anilines is 1. The minimum absolute atomic E-state index is 0.0485. The van der Waals surface area contributed by atoms with Crippen LogP contribution in [-0.2, 0) is 14.8 Å². The highest BCUT2D eigenvalue weighted by atomic mass is 32.2. The van der Waals surface area contributed by atoms with Crippen molar-refractivity contribution in [1.29, 1.82) is 5.26 Å². The number of nitrogens with zero attached hydrogens (tertiary/aromatic N) is 2. The van der Waals surface area contributed by atoms with E-state index in [-0.39, 0.29) is 24.1 Å². The van der Waals surface area contributed by atoms with Crippen LogP contribution in [0.5, 0.6) is 0 Å². The fraction of sp³-hybridized carbons (Fsp3) is 0.538. The molecule has 3 rings (SSSR count). The number of fused-ring (bicyclic) bond motifs is 1. The number of ether oxygens (including phenoxy) is 1. The number of sulfonamides is 1. The van der Waals surface area contributed by atoms with Crippen molar-refractivity contribution >= 4 is 15.8 Å². The molecule has 0 radical (unpaired) electrons. The van der Waals surface area contributed by atoms with Gasteiger partial charge in [0.25, 0.3) is 0 Å². The number of hydrogen-bond donors (Lipinski definition) is 2. The second kappa shape index (κ2) is 5.26. The van der Waals surface area contributed by atoms with Gasteiger partial charge >= 0.3 is 0 Å². The number of nitrogens with one attached hydrogen (secondary N) is 2. The molecule has 2 N–H and O–H groups in total. The standard InChI is InChI=1S/C13H16N4O3S/c1-21(18,19)17-12-11(9-4-5-20-13(9)12)16-10-3-2-8(6-14)7-15-10/h2-3,7,9,11-13,17H,4-5H2,1H3,(H,15,16)/t9-,11+,12-,13-/m0/s1. The lowest BCUT2D eigenvalue weighted by Crippen LogP contribution is -2.68. The Hall–Kier alpha value is -1.69. The van der Waals surface area contributed by atoms with Crippen LogP contribution in [-0.4, -0.2) is 44.5 Å². The van der Waals surface area contributed by atoms with Crippen LogP contribution < -0.4 is 10.0 Å². The maximum Gasteiger partial charge on any atom is 0.209 e. The van der Waals surface area contributed by atoms with E-state index in [9.17, 15) is 8.42 Å². The van der Waals surface area contributed by atoms with Crippen LogP contribution in [0, 0.1) is 17.2 Å². The Bertz CT molecular complexity index is 668. The number of nitriles is 1. The Kier molecular flexibility index (Phi) is 3.57. The van der Waals surface area contributed by atoms with Crippen LogP contribution in [0.15, 0.2) is 18.3 Å². The van der Waals surface area contributed by atoms with Crippen LogP contribution in [0.3, 0.4) is 0 Å². The third-order valence-corrected chi connectivity index (χ3v) is 4.64. The molecule has 1 aliphatic carbocycles. The molecular weight excluding hydrogens is 292 g/mol. The number of hydrogen-bond acceptors (Lipinski definition) is 6. The summed E-state index contributed by atoms with van der Waals surface area (Å²) in [6, 6.07) is 5.07. The normalized spacial score (nSPS) is 31.0. The third kappa shape index (κ3) is 2.85. The van der Waals surface area contributed by atoms with Gasteiger partial charge in [0.15, 0.2) is 0 Å². The summed E-state index contributed by atoms with van der Waals surface area (Å²) in [5.74, 6) is 0.909. The van der Waals surface area contributed by atoms with Crippen molar-refractivity contribution in [3.05, 3.63) is 23.9 Å². The Balaban J connectivity index is 1.74. The van der Waals surface area contributed by atoms with Gasteiger partial charge in [-0.2, -0.15) is 5.26 Å². The smallest absolute Gasteiger partial charge is 0.209 e. The molecule has 4 atom stereocenters. The lowest BCUT2D eigenvalue weighted by molar-refractivity contribution is -0.00317. The molecule has 0 unspecified atom stereocenters. The van der Waals surface area contributed by atoms with Gasteiger partial charge in [-0.25, -0.2) is 18.1 Å². The van der Waals surface area contributed by atoms with Crippen LogP contribution in [0.2, 0.25) is 0 Å². The number of rotatable bonds is 4. The molecule has 1 aliphatic heterocycles. The highest BCUT2D eigenvalue weighted by molar-refractivity contribution is 7.88. The predicted octanol–water partition coefficient (Wildman–Crippen LogP) is 0.0703. The van der Waals surface area contributed by atoms with Gasteiger partial charge in [0.05, 0.1) is 30.0 Å². The van der Waals surface area contributed by atoms with Gasteiger partial charge in [-0.05, 0) is 18.6 Å². The van der Waals surface area contributed by atoms with E-state index < -0.39 is 10.0 Å². The van der Waals surface area contributed by atoms with Gasteiger partial charge in [-0.1, -0.05) is 0 Å². The molecule has 0 bridgehead atoms. The van der Waals surface area contributed by atoms with Gasteiger partial charge in [0.1, 0.15) is 11.9 Å². The SMILES string of the molecule is CS(=O)(=O)N[C@H]1[C@H](Nc2ccc(C#N)cn2)[C@@H]2CCO[C@@H]21. The third-order valence-electron chi connectivity index (χ3n) is 3.94. The maximum absolute atomic E-state index is 11.5. The summed E-state index contributed by atoms with van der Waals surface area (Å²) in [5, 5.41) is 12.0. The molecule has 1 aromatic heterocycles. The first-order valence-electron chi connectivity index (χ1n) is 6.69. The van der Waals surface area contributed by atoms with Crippen molar-refractivity contribution in [1.82, 2.24) is 9.71 Å². The van der Waals surface area contributed by atoms with Crippen molar-refractivity contribution in [2.45, 2.75) is 24.6 Å². The fourth-order valence-corrected chi connectivity index (χ4v) is 3.78. The number of aromatic nitrogens is 1. The largest absolute Gasteiger partial charge is 0.376 e. The quantitative estimate of drug-likeness (QED) is 0.816. The molecule has 1 aromatic rings. The summed E-state index contributed by atoms with van der Waals surface area (Å²) in [7, 11) is -3.29. The van der Waals surface area contributed by atoms with Crippen molar-refractivity contribution < 1.29 is 13.2 Å². The molecule has 21 heavy (non-hydrogen) atoms. The van der Waals surface area contributed by atoms with E-state index in [0.29, 0.717) is 18.0 Å². The number of pyridine rings is 1. The molecule has 8 heteroatoms. The first kappa shape index (κ1) is 14.3. The molecule has 2 heterocycles. The Morgan fingerprint density at radius 2 is 2.24 bits per heavy atom. The average molecular weight is 308 g/mol. The van der Waals surface area contributed by atoms with Gasteiger partial charge in [0, 0.05) is 18.7 Å². The van der Waals surface area contributed by atoms with E-state index >= 15 is 0 Å². The molecule has 0 aromatic carbocycles. The summed E-state index contributed by atoms with van der Waals surface area (Å²) in [6.07, 6.45) is 3.46. The molecule has 112 valence electrons. The molecule has 2 aliphatic rings. The Morgan fingerprint density at radius 3 is 2.86 bits per heavy atom. The molecular formula is C13H16N4O3S. The Morgan fingerprint density at radius 1 is 1.43 bits per heavy atom. The van der Waals surface area contributed by atoms with Crippen molar-refractivity contribution in [2.75, 3.05) is 18.2 Å². The zero-order chi connectivity index (χ0) is 15.0. The summed E-state index contributed by atoms with van der Waals surface area (Å²) in [5.41, 5.74) is 0.488. The van der Waals surface area contributed by atoms with E-state index in [0.717, 1.165) is 12.7 Å². The van der Waals surface area contributed by atoms with Crippen molar-refractivity contribution in [3.8, 4) is 6.07 Å². The highest BCUT2D eigenvalue weighted by Crippen LogP contribution is 2.40. The molecule has 1 saturated heterocycles. The monoisotopic (exact) mass is 308 g/mol. The first-order valence-corrected chi connectivity index (χ1v) is 8.59. The van der Waals surface area contributed by atoms with Gasteiger partial charge in [-0.15, -0.1) is 0 Å². The molecule has 7 nitrogen and oxygen atoms in total. The molecule has 1 saturated carbocycles. The average Bonchev–Trinajstić information content (AvgIpc) is 2.87. The minimum Gasteiger partial charge on any atom is -0.376 e. The van der Waals surface area contributed by atoms with Gasteiger partial charge < -0.3 is 10.1 Å². The van der Waals surface area contributed by atoms with Crippen molar-refractivity contribution in [3.63, 3.8) is 0 Å². The second-order valence-corrected chi connectivity index (χ2v) is 7.20. The second-order valence-electron chi connectivity index (χ2n) is 5.42.